The highest BCUT2D eigenvalue weighted by Crippen LogP contribution is 2.30. The van der Waals surface area contributed by atoms with E-state index in [1.165, 1.54) is 12.1 Å². The number of nitrogens with zero attached hydrogens (tertiary/aromatic N) is 1. The number of hydrogen-bond donors (Lipinski definition) is 0. The molecule has 0 saturated carbocycles. The summed E-state index contributed by atoms with van der Waals surface area (Å²) in [7, 11) is 0. The first kappa shape index (κ1) is 2.45. The lowest BCUT2D eigenvalue weighted by molar-refractivity contribution is 0.814. The third kappa shape index (κ3) is 0.134. The molecular formula is C5H5N. The van der Waals surface area contributed by atoms with Crippen molar-refractivity contribution in [3.05, 3.63) is 24.2 Å². The summed E-state index contributed by atoms with van der Waals surface area (Å²) >= 11 is 0. The molecule has 2 heterocycles. The fourth-order valence-electron chi connectivity index (χ4n) is 0.716. The first-order valence-electron chi connectivity index (χ1n) is 2.12. The van der Waals surface area contributed by atoms with Gasteiger partial charge in [-0.3, -0.25) is 0 Å². The standard InChI is InChI=1S/C5H5N/c1-2-5-4-6(5)3-1/h1,3-4H,2H2. The monoisotopic (exact) mass is 79.0 g/mol. The van der Waals surface area contributed by atoms with Crippen LogP contribution in [0.15, 0.2) is 24.2 Å². The zero-order valence-electron chi connectivity index (χ0n) is 3.39. The molecule has 2 aliphatic heterocycles. The van der Waals surface area contributed by atoms with Gasteiger partial charge in [0, 0.05) is 24.5 Å². The summed E-state index contributed by atoms with van der Waals surface area (Å²) < 4.78 is 0. The highest BCUT2D eigenvalue weighted by molar-refractivity contribution is 5.30. The molecule has 1 nitrogen and oxygen atoms in total. The Kier molecular flexibility index (Phi) is 0.219. The number of allylic oxidation sites excluding steroid dienone is 1. The van der Waals surface area contributed by atoms with Crippen molar-refractivity contribution in [3.63, 3.8) is 0 Å². The second-order valence-electron chi connectivity index (χ2n) is 1.62. The average molecular weight is 79.1 g/mol. The summed E-state index contributed by atoms with van der Waals surface area (Å²) in [5.74, 6) is 0. The van der Waals surface area contributed by atoms with E-state index in [1.807, 2.05) is 0 Å². The first-order chi connectivity index (χ1) is 2.97. The first-order valence-corrected chi connectivity index (χ1v) is 2.12. The molecule has 0 aromatic rings. The average Bonchev–Trinajstić information content (AvgIpc) is 2.17. The van der Waals surface area contributed by atoms with Crippen molar-refractivity contribution in [2.45, 2.75) is 6.42 Å². The van der Waals surface area contributed by atoms with Crippen LogP contribution in [0.1, 0.15) is 6.42 Å². The molecule has 0 radical (unpaired) electrons. The van der Waals surface area contributed by atoms with Crippen molar-refractivity contribution in [1.82, 2.24) is 4.90 Å². The van der Waals surface area contributed by atoms with E-state index < -0.39 is 0 Å². The lowest BCUT2D eigenvalue weighted by Gasteiger charge is -1.80. The zero-order chi connectivity index (χ0) is 3.98. The molecule has 0 N–H and O–H groups in total. The van der Waals surface area contributed by atoms with Crippen molar-refractivity contribution in [3.8, 4) is 0 Å². The quantitative estimate of drug-likeness (QED) is 0.419. The lowest BCUT2D eigenvalue weighted by Crippen LogP contribution is -1.74. The van der Waals surface area contributed by atoms with Crippen LogP contribution in [0.2, 0.25) is 0 Å². The van der Waals surface area contributed by atoms with Crippen LogP contribution in [0, 0.1) is 0 Å². The van der Waals surface area contributed by atoms with Gasteiger partial charge in [0.25, 0.3) is 0 Å². The molecule has 0 aromatic carbocycles. The van der Waals surface area contributed by atoms with Crippen LogP contribution in [0.25, 0.3) is 0 Å². The normalized spacial score (nSPS) is 24.0. The maximum Gasteiger partial charge on any atom is 0.0425 e. The Balaban J connectivity index is 2.36. The molecule has 0 aromatic heterocycles. The summed E-state index contributed by atoms with van der Waals surface area (Å²) in [5.41, 5.74) is 1.47. The Morgan fingerprint density at radius 3 is 2.83 bits per heavy atom. The van der Waals surface area contributed by atoms with Crippen molar-refractivity contribution in [1.29, 1.82) is 0 Å². The Bertz CT molecular complexity index is 133. The fraction of sp³-hybridized carbons (Fsp3) is 0.200. The summed E-state index contributed by atoms with van der Waals surface area (Å²) in [6, 6.07) is 0. The highest BCUT2D eigenvalue weighted by atomic mass is 15.2. The fourth-order valence-corrected chi connectivity index (χ4v) is 0.716. The molecule has 0 unspecified atom stereocenters. The van der Waals surface area contributed by atoms with E-state index in [0.717, 1.165) is 0 Å². The number of fused-ring (bicyclic) bond motifs is 1. The van der Waals surface area contributed by atoms with Crippen molar-refractivity contribution in [2.24, 2.45) is 0 Å². The SMILES string of the molecule is C1=CN2C=C2C1. The van der Waals surface area contributed by atoms with E-state index in [-0.39, 0.29) is 0 Å². The van der Waals surface area contributed by atoms with Crippen LogP contribution in [0.4, 0.5) is 0 Å². The van der Waals surface area contributed by atoms with Gasteiger partial charge >= 0.3 is 0 Å². The van der Waals surface area contributed by atoms with E-state index in [0.29, 0.717) is 0 Å². The van der Waals surface area contributed by atoms with Crippen molar-refractivity contribution >= 4 is 0 Å². The van der Waals surface area contributed by atoms with E-state index in [2.05, 4.69) is 23.4 Å². The maximum atomic E-state index is 2.16. The lowest BCUT2D eigenvalue weighted by atomic mass is 10.4. The Morgan fingerprint density at radius 2 is 2.67 bits per heavy atom. The second kappa shape index (κ2) is 0.535. The van der Waals surface area contributed by atoms with Gasteiger partial charge < -0.3 is 4.90 Å². The van der Waals surface area contributed by atoms with Crippen LogP contribution >= 0.6 is 0 Å². The van der Waals surface area contributed by atoms with Gasteiger partial charge in [-0.25, -0.2) is 0 Å². The van der Waals surface area contributed by atoms with Gasteiger partial charge in [-0.15, -0.1) is 0 Å². The van der Waals surface area contributed by atoms with Gasteiger partial charge in [0.2, 0.25) is 0 Å². The zero-order valence-corrected chi connectivity index (χ0v) is 3.39. The van der Waals surface area contributed by atoms with Gasteiger partial charge in [0.1, 0.15) is 0 Å². The van der Waals surface area contributed by atoms with Crippen LogP contribution in [-0.2, 0) is 0 Å². The minimum absolute atomic E-state index is 1.17. The third-order valence-corrected chi connectivity index (χ3v) is 1.15. The molecule has 0 spiro atoms. The van der Waals surface area contributed by atoms with Gasteiger partial charge in [0.05, 0.1) is 0 Å². The molecule has 0 aliphatic carbocycles. The Morgan fingerprint density at radius 1 is 1.67 bits per heavy atom. The molecule has 0 saturated heterocycles. The minimum Gasteiger partial charge on any atom is -0.324 e. The van der Waals surface area contributed by atoms with Crippen LogP contribution in [0.5, 0.6) is 0 Å². The molecule has 2 aliphatic rings. The predicted molar refractivity (Wildman–Crippen MR) is 23.7 cm³/mol. The largest absolute Gasteiger partial charge is 0.324 e. The van der Waals surface area contributed by atoms with Crippen LogP contribution in [-0.4, -0.2) is 4.90 Å². The predicted octanol–water partition coefficient (Wildman–Crippen LogP) is 1.06. The highest BCUT2D eigenvalue weighted by Gasteiger charge is 2.19. The van der Waals surface area contributed by atoms with E-state index in [4.69, 9.17) is 0 Å². The molecule has 0 atom stereocenters. The van der Waals surface area contributed by atoms with Gasteiger partial charge in [-0.05, 0) is 0 Å². The molecule has 0 fully saturated rings. The summed E-state index contributed by atoms with van der Waals surface area (Å²) in [4.78, 5) is 2.14. The summed E-state index contributed by atoms with van der Waals surface area (Å²) in [5, 5.41) is 0. The summed E-state index contributed by atoms with van der Waals surface area (Å²) in [6.45, 7) is 0. The molecule has 1 heteroatoms. The maximum absolute atomic E-state index is 2.16. The van der Waals surface area contributed by atoms with E-state index in [9.17, 15) is 0 Å². The Hall–Kier alpha value is -0.720. The van der Waals surface area contributed by atoms with E-state index in [1.54, 1.807) is 0 Å². The smallest absolute Gasteiger partial charge is 0.0425 e. The van der Waals surface area contributed by atoms with E-state index >= 15 is 0 Å². The molecule has 2 rings (SSSR count). The van der Waals surface area contributed by atoms with Crippen molar-refractivity contribution in [2.75, 3.05) is 0 Å². The van der Waals surface area contributed by atoms with Gasteiger partial charge in [0.15, 0.2) is 0 Å². The molecule has 0 bridgehead atoms. The van der Waals surface area contributed by atoms with Gasteiger partial charge in [-0.2, -0.15) is 0 Å². The van der Waals surface area contributed by atoms with Crippen LogP contribution < -0.4 is 0 Å². The third-order valence-electron chi connectivity index (χ3n) is 1.15. The van der Waals surface area contributed by atoms with Crippen LogP contribution in [0.3, 0.4) is 0 Å². The second-order valence-corrected chi connectivity index (χ2v) is 1.62. The minimum atomic E-state index is 1.17. The number of rotatable bonds is 0. The van der Waals surface area contributed by atoms with Gasteiger partial charge in [-0.1, -0.05) is 6.08 Å². The Labute approximate surface area is 36.6 Å². The topological polar surface area (TPSA) is 3.01 Å². The molecule has 6 heavy (non-hydrogen) atoms. The van der Waals surface area contributed by atoms with Crippen molar-refractivity contribution < 1.29 is 0 Å². The molecule has 30 valence electrons. The number of hydrogen-bond acceptors (Lipinski definition) is 1. The molecular weight excluding hydrogens is 74.1 g/mol. The molecule has 0 amide bonds. The summed E-state index contributed by atoms with van der Waals surface area (Å²) in [6.07, 6.45) is 7.56.